The van der Waals surface area contributed by atoms with Crippen molar-refractivity contribution >= 4 is 0 Å². The number of benzene rings is 1. The third-order valence-corrected chi connectivity index (χ3v) is 4.03. The minimum Gasteiger partial charge on any atom is -0.392 e. The summed E-state index contributed by atoms with van der Waals surface area (Å²) in [6, 6.07) is 6.70. The topological polar surface area (TPSA) is 41.3 Å². The Morgan fingerprint density at radius 2 is 2.10 bits per heavy atom. The zero-order chi connectivity index (χ0) is 14.8. The summed E-state index contributed by atoms with van der Waals surface area (Å²) in [6.45, 7) is 4.29. The number of β-amino-alcohol motifs (C(OH)–C–C–N with tert-alkyl or cyclic N) is 1. The van der Waals surface area contributed by atoms with E-state index in [0.717, 1.165) is 24.2 Å². The monoisotopic (exact) mass is 289 g/mol. The fraction of sp³-hybridized carbons (Fsp3) is 0.438. The third kappa shape index (κ3) is 3.14. The lowest BCUT2D eigenvalue weighted by Crippen LogP contribution is -2.24. The van der Waals surface area contributed by atoms with Crippen LogP contribution in [0.25, 0.3) is 0 Å². The number of likely N-dealkylation sites (tertiary alicyclic amines) is 1. The van der Waals surface area contributed by atoms with Crippen molar-refractivity contribution in [2.75, 3.05) is 6.54 Å². The van der Waals surface area contributed by atoms with Gasteiger partial charge >= 0.3 is 0 Å². The quantitative estimate of drug-likeness (QED) is 0.939. The lowest BCUT2D eigenvalue weighted by molar-refractivity contribution is 0.172. The normalized spacial score (nSPS) is 22.8. The molecule has 0 unspecified atom stereocenters. The number of hydrogen-bond acceptors (Lipinski definition) is 3. The van der Waals surface area contributed by atoms with Crippen LogP contribution in [0, 0.1) is 5.82 Å². The van der Waals surface area contributed by atoms with Crippen molar-refractivity contribution in [1.82, 2.24) is 14.7 Å². The Hall–Kier alpha value is -1.72. The van der Waals surface area contributed by atoms with Crippen LogP contribution in [0.2, 0.25) is 0 Å². The van der Waals surface area contributed by atoms with Crippen LogP contribution < -0.4 is 0 Å². The summed E-state index contributed by atoms with van der Waals surface area (Å²) in [7, 11) is 0. The molecular formula is C16H20FN3O. The van der Waals surface area contributed by atoms with Crippen molar-refractivity contribution in [2.24, 2.45) is 0 Å². The van der Waals surface area contributed by atoms with Crippen LogP contribution in [-0.2, 0) is 13.1 Å². The molecule has 0 amide bonds. The van der Waals surface area contributed by atoms with E-state index in [2.05, 4.69) is 16.9 Å². The van der Waals surface area contributed by atoms with Gasteiger partial charge in [0.15, 0.2) is 0 Å². The number of rotatable bonds is 4. The molecule has 4 nitrogen and oxygen atoms in total. The summed E-state index contributed by atoms with van der Waals surface area (Å²) in [5.74, 6) is -0.229. The molecule has 21 heavy (non-hydrogen) atoms. The van der Waals surface area contributed by atoms with Gasteiger partial charge in [-0.1, -0.05) is 12.1 Å². The smallest absolute Gasteiger partial charge is 0.123 e. The van der Waals surface area contributed by atoms with E-state index in [1.54, 1.807) is 12.1 Å². The van der Waals surface area contributed by atoms with Gasteiger partial charge in [-0.2, -0.15) is 5.10 Å². The molecule has 0 spiro atoms. The lowest BCUT2D eigenvalue weighted by atomic mass is 10.0. The molecule has 1 fully saturated rings. The Balaban J connectivity index is 1.77. The van der Waals surface area contributed by atoms with Crippen molar-refractivity contribution in [3.63, 3.8) is 0 Å². The van der Waals surface area contributed by atoms with Gasteiger partial charge in [-0.05, 0) is 31.0 Å². The van der Waals surface area contributed by atoms with Crippen LogP contribution >= 0.6 is 0 Å². The number of aliphatic hydroxyl groups excluding tert-OH is 1. The molecule has 2 heterocycles. The molecule has 0 radical (unpaired) electrons. The van der Waals surface area contributed by atoms with E-state index in [-0.39, 0.29) is 18.0 Å². The first-order chi connectivity index (χ1) is 10.2. The average Bonchev–Trinajstić information content (AvgIpc) is 3.07. The Kier molecular flexibility index (Phi) is 4.03. The zero-order valence-corrected chi connectivity index (χ0v) is 12.1. The van der Waals surface area contributed by atoms with Gasteiger partial charge in [-0.25, -0.2) is 4.39 Å². The molecule has 5 heteroatoms. The van der Waals surface area contributed by atoms with Gasteiger partial charge in [-0.3, -0.25) is 9.58 Å². The second-order valence-electron chi connectivity index (χ2n) is 5.59. The number of hydrogen-bond donors (Lipinski definition) is 1. The van der Waals surface area contributed by atoms with Crippen molar-refractivity contribution in [3.8, 4) is 0 Å². The number of nitrogens with zero attached hydrogens (tertiary/aromatic N) is 3. The summed E-state index contributed by atoms with van der Waals surface area (Å²) >= 11 is 0. The molecule has 1 aromatic heterocycles. The Morgan fingerprint density at radius 3 is 2.76 bits per heavy atom. The highest BCUT2D eigenvalue weighted by Gasteiger charge is 2.32. The highest BCUT2D eigenvalue weighted by Crippen LogP contribution is 2.33. The second kappa shape index (κ2) is 5.95. The molecule has 0 bridgehead atoms. The van der Waals surface area contributed by atoms with E-state index in [0.29, 0.717) is 13.0 Å². The molecule has 1 aliphatic heterocycles. The van der Waals surface area contributed by atoms with Gasteiger partial charge in [0.2, 0.25) is 0 Å². The first-order valence-corrected chi connectivity index (χ1v) is 7.34. The molecule has 112 valence electrons. The first-order valence-electron chi connectivity index (χ1n) is 7.34. The molecule has 2 atom stereocenters. The highest BCUT2D eigenvalue weighted by molar-refractivity contribution is 5.22. The number of halogens is 1. The standard InChI is InChI=1S/C16H20FN3O/c1-2-20-10-12(8-18-20)9-19-11-15(21)7-16(19)13-3-5-14(17)6-4-13/h3-6,8,10,15-16,21H,2,7,9,11H2,1H3/t15-,16-/m1/s1. The predicted molar refractivity (Wildman–Crippen MR) is 78.1 cm³/mol. The van der Waals surface area contributed by atoms with Gasteiger partial charge < -0.3 is 5.11 Å². The number of aromatic nitrogens is 2. The Morgan fingerprint density at radius 1 is 1.33 bits per heavy atom. The molecular weight excluding hydrogens is 269 g/mol. The lowest BCUT2D eigenvalue weighted by Gasteiger charge is -2.23. The first kappa shape index (κ1) is 14.2. The maximum atomic E-state index is 13.1. The van der Waals surface area contributed by atoms with E-state index in [9.17, 15) is 9.50 Å². The van der Waals surface area contributed by atoms with Gasteiger partial charge in [-0.15, -0.1) is 0 Å². The minimum atomic E-state index is -0.332. The largest absolute Gasteiger partial charge is 0.392 e. The van der Waals surface area contributed by atoms with E-state index in [1.165, 1.54) is 12.1 Å². The van der Waals surface area contributed by atoms with Crippen LogP contribution in [0.15, 0.2) is 36.7 Å². The van der Waals surface area contributed by atoms with Crippen LogP contribution in [0.5, 0.6) is 0 Å². The summed E-state index contributed by atoms with van der Waals surface area (Å²) in [6.07, 6.45) is 4.26. The minimum absolute atomic E-state index is 0.130. The van der Waals surface area contributed by atoms with Crippen molar-refractivity contribution < 1.29 is 9.50 Å². The van der Waals surface area contributed by atoms with Gasteiger partial charge in [0.05, 0.1) is 12.3 Å². The van der Waals surface area contributed by atoms with Gasteiger partial charge in [0.1, 0.15) is 5.82 Å². The maximum absolute atomic E-state index is 13.1. The highest BCUT2D eigenvalue weighted by atomic mass is 19.1. The molecule has 0 aliphatic carbocycles. The summed E-state index contributed by atoms with van der Waals surface area (Å²) in [5.41, 5.74) is 2.19. The molecule has 1 N–H and O–H groups in total. The van der Waals surface area contributed by atoms with E-state index < -0.39 is 0 Å². The molecule has 3 rings (SSSR count). The van der Waals surface area contributed by atoms with E-state index in [4.69, 9.17) is 0 Å². The van der Waals surface area contributed by atoms with Crippen LogP contribution in [0.1, 0.15) is 30.5 Å². The molecule has 1 saturated heterocycles. The van der Waals surface area contributed by atoms with Crippen LogP contribution in [0.4, 0.5) is 4.39 Å². The van der Waals surface area contributed by atoms with Crippen molar-refractivity contribution in [1.29, 1.82) is 0 Å². The van der Waals surface area contributed by atoms with Gasteiger partial charge in [0.25, 0.3) is 0 Å². The van der Waals surface area contributed by atoms with E-state index >= 15 is 0 Å². The van der Waals surface area contributed by atoms with Crippen molar-refractivity contribution in [3.05, 3.63) is 53.6 Å². The molecule has 1 aliphatic rings. The van der Waals surface area contributed by atoms with Crippen LogP contribution in [0.3, 0.4) is 0 Å². The van der Waals surface area contributed by atoms with Crippen LogP contribution in [-0.4, -0.2) is 32.4 Å². The zero-order valence-electron chi connectivity index (χ0n) is 12.1. The van der Waals surface area contributed by atoms with E-state index in [1.807, 2.05) is 17.1 Å². The number of aliphatic hydroxyl groups is 1. The average molecular weight is 289 g/mol. The Labute approximate surface area is 123 Å². The molecule has 1 aromatic carbocycles. The fourth-order valence-electron chi connectivity index (χ4n) is 2.98. The Bertz CT molecular complexity index is 596. The SMILES string of the molecule is CCn1cc(CN2C[C@H](O)C[C@@H]2c2ccc(F)cc2)cn1. The summed E-state index contributed by atoms with van der Waals surface area (Å²) in [4.78, 5) is 2.23. The predicted octanol–water partition coefficient (Wildman–Crippen LogP) is 2.35. The van der Waals surface area contributed by atoms with Crippen molar-refractivity contribution in [2.45, 2.75) is 38.6 Å². The fourth-order valence-corrected chi connectivity index (χ4v) is 2.98. The summed E-state index contributed by atoms with van der Waals surface area (Å²) < 4.78 is 15.0. The molecule has 0 saturated carbocycles. The molecule has 2 aromatic rings. The second-order valence-corrected chi connectivity index (χ2v) is 5.59. The third-order valence-electron chi connectivity index (χ3n) is 4.03. The maximum Gasteiger partial charge on any atom is 0.123 e. The van der Waals surface area contributed by atoms with Gasteiger partial charge in [0, 0.05) is 37.4 Å². The number of aryl methyl sites for hydroxylation is 1. The summed E-state index contributed by atoms with van der Waals surface area (Å²) in [5, 5.41) is 14.3.